The lowest BCUT2D eigenvalue weighted by atomic mass is 10.2. The zero-order valence-electron chi connectivity index (χ0n) is 14.7. The normalized spacial score (nSPS) is 11.2. The maximum atomic E-state index is 12.8. The Morgan fingerprint density at radius 1 is 1.11 bits per heavy atom. The molecule has 6 nitrogen and oxygen atoms in total. The van der Waals surface area contributed by atoms with Gasteiger partial charge in [0.05, 0.1) is 11.0 Å². The molecule has 4 rings (SSSR count). The number of aromatic nitrogens is 3. The number of para-hydroxylation sites is 2. The minimum absolute atomic E-state index is 0.236. The minimum atomic E-state index is -0.236. The van der Waals surface area contributed by atoms with Crippen molar-refractivity contribution in [3.63, 3.8) is 0 Å². The van der Waals surface area contributed by atoms with Crippen LogP contribution in [-0.4, -0.2) is 27.0 Å². The van der Waals surface area contributed by atoms with Crippen molar-refractivity contribution >= 4 is 49.9 Å². The van der Waals surface area contributed by atoms with E-state index in [1.165, 1.54) is 0 Å². The number of nitrogens with zero attached hydrogens (tertiary/aromatic N) is 3. The number of nitrogens with two attached hydrogens (primary N) is 1. The van der Waals surface area contributed by atoms with Crippen LogP contribution in [0.2, 0.25) is 0 Å². The van der Waals surface area contributed by atoms with Crippen molar-refractivity contribution in [2.24, 2.45) is 0 Å². The van der Waals surface area contributed by atoms with Gasteiger partial charge in [-0.1, -0.05) is 35.0 Å². The number of benzene rings is 2. The topological polar surface area (TPSA) is 85.8 Å². The fourth-order valence-electron chi connectivity index (χ4n) is 3.06. The lowest BCUT2D eigenvalue weighted by Crippen LogP contribution is -2.25. The van der Waals surface area contributed by atoms with Crippen LogP contribution in [0.1, 0.15) is 23.7 Å². The van der Waals surface area contributed by atoms with Gasteiger partial charge in [-0.3, -0.25) is 9.36 Å². The average Bonchev–Trinajstić information content (AvgIpc) is 2.96. The second kappa shape index (κ2) is 7.00. The number of hydrogen-bond acceptors (Lipinski definition) is 4. The maximum absolute atomic E-state index is 12.8. The Morgan fingerprint density at radius 2 is 1.78 bits per heavy atom. The molecule has 1 amide bonds. The Morgan fingerprint density at radius 3 is 2.44 bits per heavy atom. The van der Waals surface area contributed by atoms with Crippen molar-refractivity contribution in [3.8, 4) is 5.69 Å². The van der Waals surface area contributed by atoms with Gasteiger partial charge in [0.25, 0.3) is 5.91 Å². The molecule has 2 aromatic heterocycles. The van der Waals surface area contributed by atoms with Crippen LogP contribution >= 0.6 is 15.9 Å². The number of fused-ring (bicyclic) bond motifs is 2. The zero-order chi connectivity index (χ0) is 19.0. The Bertz CT molecular complexity index is 1150. The molecular weight excluding hydrogens is 406 g/mol. The molecule has 0 fully saturated rings. The molecule has 0 aliphatic rings. The number of nitrogen functional groups attached to an aromatic ring is 1. The van der Waals surface area contributed by atoms with Gasteiger partial charge in [-0.05, 0) is 42.8 Å². The van der Waals surface area contributed by atoms with E-state index in [4.69, 9.17) is 15.7 Å². The van der Waals surface area contributed by atoms with Crippen molar-refractivity contribution in [2.45, 2.75) is 13.3 Å². The summed E-state index contributed by atoms with van der Waals surface area (Å²) in [5.74, 6) is 0.0935. The van der Waals surface area contributed by atoms with E-state index in [0.717, 1.165) is 27.6 Å². The number of nitrogens with one attached hydrogen (secondary N) is 1. The molecule has 27 heavy (non-hydrogen) atoms. The number of carbonyl (C=O) groups excluding carboxylic acids is 1. The van der Waals surface area contributed by atoms with Crippen LogP contribution in [-0.2, 0) is 0 Å². The van der Waals surface area contributed by atoms with Crippen LogP contribution in [0.25, 0.3) is 27.9 Å². The highest BCUT2D eigenvalue weighted by Gasteiger charge is 2.24. The largest absolute Gasteiger partial charge is 0.384 e. The molecule has 136 valence electrons. The fourth-order valence-corrected chi connectivity index (χ4v) is 3.33. The smallest absolute Gasteiger partial charge is 0.257 e. The van der Waals surface area contributed by atoms with E-state index in [1.807, 2.05) is 55.5 Å². The third-order valence-electron chi connectivity index (χ3n) is 4.35. The van der Waals surface area contributed by atoms with Gasteiger partial charge in [0.2, 0.25) is 0 Å². The van der Waals surface area contributed by atoms with Crippen molar-refractivity contribution in [3.05, 3.63) is 58.6 Å². The molecule has 0 unspecified atom stereocenters. The first-order valence-corrected chi connectivity index (χ1v) is 9.50. The van der Waals surface area contributed by atoms with Gasteiger partial charge in [-0.15, -0.1) is 0 Å². The Labute approximate surface area is 164 Å². The number of hydrogen-bond donors (Lipinski definition) is 2. The Hall–Kier alpha value is -2.93. The quantitative estimate of drug-likeness (QED) is 0.518. The van der Waals surface area contributed by atoms with Crippen molar-refractivity contribution in [1.82, 2.24) is 19.9 Å². The van der Waals surface area contributed by atoms with Gasteiger partial charge < -0.3 is 11.1 Å². The molecule has 0 radical (unpaired) electrons. The molecule has 3 N–H and O–H groups in total. The fraction of sp³-hybridized carbons (Fsp3) is 0.150. The highest BCUT2D eigenvalue weighted by molar-refractivity contribution is 9.10. The standard InChI is InChI=1S/C20H18BrN5O/c1-2-11-23-20(27)16-17-19(25-15-6-4-3-5-14(15)24-17)26(18(16)22)13-9-7-12(21)8-10-13/h3-10H,2,11,22H2,1H3,(H,23,27). The molecule has 0 saturated carbocycles. The average molecular weight is 424 g/mol. The summed E-state index contributed by atoms with van der Waals surface area (Å²) in [6.07, 6.45) is 0.839. The van der Waals surface area contributed by atoms with Crippen LogP contribution in [0.15, 0.2) is 53.0 Å². The summed E-state index contributed by atoms with van der Waals surface area (Å²) in [5.41, 5.74) is 10.2. The molecule has 2 heterocycles. The van der Waals surface area contributed by atoms with Crippen LogP contribution in [0.4, 0.5) is 5.82 Å². The number of rotatable bonds is 4. The maximum Gasteiger partial charge on any atom is 0.257 e. The number of amides is 1. The predicted molar refractivity (Wildman–Crippen MR) is 111 cm³/mol. The Balaban J connectivity index is 2.03. The van der Waals surface area contributed by atoms with Crippen LogP contribution in [0.3, 0.4) is 0 Å². The number of carbonyl (C=O) groups is 1. The summed E-state index contributed by atoms with van der Waals surface area (Å²) in [6.45, 7) is 2.58. The molecule has 0 bridgehead atoms. The number of anilines is 1. The third-order valence-corrected chi connectivity index (χ3v) is 4.87. The molecule has 0 saturated heterocycles. The van der Waals surface area contributed by atoms with Gasteiger partial charge >= 0.3 is 0 Å². The number of halogens is 1. The van der Waals surface area contributed by atoms with Crippen LogP contribution in [0.5, 0.6) is 0 Å². The van der Waals surface area contributed by atoms with Crippen molar-refractivity contribution < 1.29 is 4.79 Å². The van der Waals surface area contributed by atoms with E-state index in [2.05, 4.69) is 21.2 Å². The molecule has 7 heteroatoms. The third kappa shape index (κ3) is 3.04. The first-order chi connectivity index (χ1) is 13.1. The summed E-state index contributed by atoms with van der Waals surface area (Å²) in [5, 5.41) is 2.90. The van der Waals surface area contributed by atoms with E-state index in [-0.39, 0.29) is 5.91 Å². The van der Waals surface area contributed by atoms with Gasteiger partial charge in [-0.2, -0.15) is 0 Å². The van der Waals surface area contributed by atoms with Crippen LogP contribution < -0.4 is 11.1 Å². The molecule has 2 aromatic carbocycles. The van der Waals surface area contributed by atoms with Gasteiger partial charge in [-0.25, -0.2) is 9.97 Å². The second-order valence-corrected chi connectivity index (χ2v) is 7.13. The monoisotopic (exact) mass is 423 g/mol. The lowest BCUT2D eigenvalue weighted by Gasteiger charge is -2.08. The van der Waals surface area contributed by atoms with Crippen molar-refractivity contribution in [2.75, 3.05) is 12.3 Å². The second-order valence-electron chi connectivity index (χ2n) is 6.21. The van der Waals surface area contributed by atoms with Gasteiger partial charge in [0, 0.05) is 16.7 Å². The Kier molecular flexibility index (Phi) is 4.53. The summed E-state index contributed by atoms with van der Waals surface area (Å²) in [6, 6.07) is 15.3. The minimum Gasteiger partial charge on any atom is -0.384 e. The van der Waals surface area contributed by atoms with E-state index < -0.39 is 0 Å². The molecule has 0 atom stereocenters. The van der Waals surface area contributed by atoms with E-state index in [0.29, 0.717) is 29.1 Å². The van der Waals surface area contributed by atoms with E-state index in [9.17, 15) is 4.79 Å². The first-order valence-electron chi connectivity index (χ1n) is 8.71. The predicted octanol–water partition coefficient (Wildman–Crippen LogP) is 4.06. The first kappa shape index (κ1) is 17.5. The molecular formula is C20H18BrN5O. The van der Waals surface area contributed by atoms with Crippen molar-refractivity contribution in [1.29, 1.82) is 0 Å². The van der Waals surface area contributed by atoms with E-state index in [1.54, 1.807) is 4.57 Å². The SMILES string of the molecule is CCCNC(=O)c1c(N)n(-c2ccc(Br)cc2)c2nc3ccccc3nc12. The molecule has 0 spiro atoms. The molecule has 4 aromatic rings. The molecule has 0 aliphatic carbocycles. The van der Waals surface area contributed by atoms with Crippen LogP contribution in [0, 0.1) is 0 Å². The highest BCUT2D eigenvalue weighted by atomic mass is 79.9. The highest BCUT2D eigenvalue weighted by Crippen LogP contribution is 2.31. The van der Waals surface area contributed by atoms with Gasteiger partial charge in [0.1, 0.15) is 16.9 Å². The summed E-state index contributed by atoms with van der Waals surface area (Å²) in [7, 11) is 0. The summed E-state index contributed by atoms with van der Waals surface area (Å²) in [4.78, 5) is 22.2. The zero-order valence-corrected chi connectivity index (χ0v) is 16.3. The van der Waals surface area contributed by atoms with E-state index >= 15 is 0 Å². The summed E-state index contributed by atoms with van der Waals surface area (Å²) >= 11 is 3.44. The molecule has 0 aliphatic heterocycles. The van der Waals surface area contributed by atoms with Gasteiger partial charge in [0.15, 0.2) is 5.65 Å². The summed E-state index contributed by atoms with van der Waals surface area (Å²) < 4.78 is 2.74. The lowest BCUT2D eigenvalue weighted by molar-refractivity contribution is 0.0956.